The fraction of sp³-hybridized carbons (Fsp3) is 0.308. The number of aliphatic hydroxyl groups is 1. The van der Waals surface area contributed by atoms with Crippen molar-refractivity contribution in [3.63, 3.8) is 0 Å². The second-order valence-electron chi connectivity index (χ2n) is 4.33. The molecule has 7 nitrogen and oxygen atoms in total. The minimum Gasteiger partial charge on any atom is -0.493 e. The Morgan fingerprint density at radius 1 is 1.50 bits per heavy atom. The molecule has 0 aliphatic carbocycles. The molecule has 0 atom stereocenters. The quantitative estimate of drug-likeness (QED) is 0.637. The molecule has 106 valence electrons. The van der Waals surface area contributed by atoms with E-state index >= 15 is 0 Å². The maximum atomic E-state index is 10.7. The summed E-state index contributed by atoms with van der Waals surface area (Å²) in [7, 11) is 1.84. The minimum atomic E-state index is -0.501. The van der Waals surface area contributed by atoms with Gasteiger partial charge in [-0.05, 0) is 11.6 Å². The lowest BCUT2D eigenvalue weighted by Crippen LogP contribution is -2.03. The standard InChI is InChI=1S/C13H15N3O4/c1-15-8-10(7-14-15)4-5-20-13-3-2-12(16(18)19)6-11(13)9-17/h2-3,6-8,17H,4-5,9H2,1H3. The van der Waals surface area contributed by atoms with Gasteiger partial charge in [-0.1, -0.05) is 0 Å². The van der Waals surface area contributed by atoms with E-state index in [4.69, 9.17) is 4.74 Å². The molecule has 1 aromatic carbocycles. The molecule has 1 heterocycles. The van der Waals surface area contributed by atoms with E-state index in [2.05, 4.69) is 5.10 Å². The highest BCUT2D eigenvalue weighted by Gasteiger charge is 2.11. The van der Waals surface area contributed by atoms with Crippen molar-refractivity contribution in [1.29, 1.82) is 0 Å². The average Bonchev–Trinajstić information content (AvgIpc) is 2.84. The van der Waals surface area contributed by atoms with E-state index in [0.717, 1.165) is 5.56 Å². The molecule has 0 aliphatic heterocycles. The van der Waals surface area contributed by atoms with Crippen LogP contribution in [0.25, 0.3) is 0 Å². The van der Waals surface area contributed by atoms with Gasteiger partial charge in [-0.3, -0.25) is 14.8 Å². The zero-order valence-corrected chi connectivity index (χ0v) is 11.0. The van der Waals surface area contributed by atoms with Gasteiger partial charge in [0.05, 0.1) is 24.3 Å². The third-order valence-electron chi connectivity index (χ3n) is 2.83. The molecule has 0 saturated heterocycles. The van der Waals surface area contributed by atoms with Crippen molar-refractivity contribution >= 4 is 5.69 Å². The van der Waals surface area contributed by atoms with Crippen LogP contribution < -0.4 is 4.74 Å². The van der Waals surface area contributed by atoms with Gasteiger partial charge in [0.2, 0.25) is 0 Å². The van der Waals surface area contributed by atoms with Crippen LogP contribution in [-0.2, 0) is 20.1 Å². The minimum absolute atomic E-state index is 0.0614. The van der Waals surface area contributed by atoms with E-state index in [0.29, 0.717) is 24.3 Å². The van der Waals surface area contributed by atoms with Crippen LogP contribution in [0.2, 0.25) is 0 Å². The number of nitro benzene ring substituents is 1. The molecule has 0 fully saturated rings. The molecule has 7 heteroatoms. The monoisotopic (exact) mass is 277 g/mol. The lowest BCUT2D eigenvalue weighted by Gasteiger charge is -2.09. The molecule has 2 aromatic rings. The molecule has 0 aliphatic rings. The number of aliphatic hydroxyl groups excluding tert-OH is 1. The molecular formula is C13H15N3O4. The summed E-state index contributed by atoms with van der Waals surface area (Å²) in [6.07, 6.45) is 4.33. The van der Waals surface area contributed by atoms with Crippen molar-refractivity contribution in [2.75, 3.05) is 6.61 Å². The number of ether oxygens (including phenoxy) is 1. The first-order chi connectivity index (χ1) is 9.60. The summed E-state index contributed by atoms with van der Waals surface area (Å²) in [6.45, 7) is 0.112. The van der Waals surface area contributed by atoms with Gasteiger partial charge in [-0.2, -0.15) is 5.10 Å². The normalized spacial score (nSPS) is 10.5. The lowest BCUT2D eigenvalue weighted by atomic mass is 10.2. The topological polar surface area (TPSA) is 90.4 Å². The van der Waals surface area contributed by atoms with E-state index in [9.17, 15) is 15.2 Å². The Morgan fingerprint density at radius 2 is 2.30 bits per heavy atom. The van der Waals surface area contributed by atoms with Crippen LogP contribution in [0.3, 0.4) is 0 Å². The van der Waals surface area contributed by atoms with E-state index in [1.54, 1.807) is 10.9 Å². The first kappa shape index (κ1) is 14.0. The van der Waals surface area contributed by atoms with Gasteiger partial charge in [-0.15, -0.1) is 0 Å². The molecular weight excluding hydrogens is 262 g/mol. The molecule has 0 radical (unpaired) electrons. The highest BCUT2D eigenvalue weighted by Crippen LogP contribution is 2.24. The summed E-state index contributed by atoms with van der Waals surface area (Å²) in [5.41, 5.74) is 1.39. The number of benzene rings is 1. The molecule has 1 aromatic heterocycles. The molecule has 0 saturated carbocycles. The number of hydrogen-bond donors (Lipinski definition) is 1. The summed E-state index contributed by atoms with van der Waals surface area (Å²) in [4.78, 5) is 10.2. The van der Waals surface area contributed by atoms with E-state index < -0.39 is 4.92 Å². The zero-order chi connectivity index (χ0) is 14.5. The number of nitro groups is 1. The number of hydrogen-bond acceptors (Lipinski definition) is 5. The van der Waals surface area contributed by atoms with Gasteiger partial charge in [0.15, 0.2) is 0 Å². The van der Waals surface area contributed by atoms with Crippen molar-refractivity contribution in [1.82, 2.24) is 9.78 Å². The van der Waals surface area contributed by atoms with Gasteiger partial charge < -0.3 is 9.84 Å². The van der Waals surface area contributed by atoms with Crippen LogP contribution in [0, 0.1) is 10.1 Å². The highest BCUT2D eigenvalue weighted by atomic mass is 16.6. The van der Waals surface area contributed by atoms with Crippen molar-refractivity contribution in [2.45, 2.75) is 13.0 Å². The Hall–Kier alpha value is -2.41. The number of nitrogens with zero attached hydrogens (tertiary/aromatic N) is 3. The first-order valence-electron chi connectivity index (χ1n) is 6.08. The molecule has 0 bridgehead atoms. The smallest absolute Gasteiger partial charge is 0.270 e. The van der Waals surface area contributed by atoms with E-state index in [1.165, 1.54) is 18.2 Å². The Kier molecular flexibility index (Phi) is 4.31. The van der Waals surface area contributed by atoms with Crippen molar-refractivity contribution < 1.29 is 14.8 Å². The van der Waals surface area contributed by atoms with Crippen LogP contribution >= 0.6 is 0 Å². The van der Waals surface area contributed by atoms with E-state index in [1.807, 2.05) is 13.2 Å². The van der Waals surface area contributed by atoms with Gasteiger partial charge >= 0.3 is 0 Å². The predicted octanol–water partition coefficient (Wildman–Crippen LogP) is 1.44. The fourth-order valence-electron chi connectivity index (χ4n) is 1.82. The number of non-ortho nitro benzene ring substituents is 1. The summed E-state index contributed by atoms with van der Waals surface area (Å²) >= 11 is 0. The van der Waals surface area contributed by atoms with Gasteiger partial charge in [0, 0.05) is 37.4 Å². The van der Waals surface area contributed by atoms with Crippen LogP contribution in [0.5, 0.6) is 5.75 Å². The predicted molar refractivity (Wildman–Crippen MR) is 71.4 cm³/mol. The average molecular weight is 277 g/mol. The lowest BCUT2D eigenvalue weighted by molar-refractivity contribution is -0.385. The van der Waals surface area contributed by atoms with Gasteiger partial charge in [0.25, 0.3) is 5.69 Å². The summed E-state index contributed by atoms with van der Waals surface area (Å²) in [5, 5.41) is 23.9. The SMILES string of the molecule is Cn1cc(CCOc2ccc([N+](=O)[O-])cc2CO)cn1. The number of aryl methyl sites for hydroxylation is 1. The fourth-order valence-corrected chi connectivity index (χ4v) is 1.82. The van der Waals surface area contributed by atoms with Crippen molar-refractivity contribution in [3.8, 4) is 5.75 Å². The summed E-state index contributed by atoms with van der Waals surface area (Å²) in [5.74, 6) is 0.460. The largest absolute Gasteiger partial charge is 0.493 e. The van der Waals surface area contributed by atoms with Crippen LogP contribution in [0.15, 0.2) is 30.6 Å². The summed E-state index contributed by atoms with van der Waals surface area (Å²) < 4.78 is 7.27. The highest BCUT2D eigenvalue weighted by molar-refractivity contribution is 5.43. The molecule has 1 N–H and O–H groups in total. The second kappa shape index (κ2) is 6.16. The molecule has 0 spiro atoms. The number of aromatic nitrogens is 2. The maximum Gasteiger partial charge on any atom is 0.270 e. The Bertz CT molecular complexity index is 609. The second-order valence-corrected chi connectivity index (χ2v) is 4.33. The summed E-state index contributed by atoms with van der Waals surface area (Å²) in [6, 6.07) is 4.19. The van der Waals surface area contributed by atoms with Gasteiger partial charge in [0.1, 0.15) is 5.75 Å². The maximum absolute atomic E-state index is 10.7. The van der Waals surface area contributed by atoms with Crippen LogP contribution in [0.1, 0.15) is 11.1 Å². The Labute approximate surface area is 115 Å². The zero-order valence-electron chi connectivity index (χ0n) is 11.0. The molecule has 0 unspecified atom stereocenters. The van der Waals surface area contributed by atoms with Crippen LogP contribution in [-0.4, -0.2) is 26.4 Å². The third kappa shape index (κ3) is 3.33. The molecule has 20 heavy (non-hydrogen) atoms. The third-order valence-corrected chi connectivity index (χ3v) is 2.83. The van der Waals surface area contributed by atoms with Gasteiger partial charge in [-0.25, -0.2) is 0 Å². The number of rotatable bonds is 6. The van der Waals surface area contributed by atoms with Crippen molar-refractivity contribution in [3.05, 3.63) is 51.8 Å². The van der Waals surface area contributed by atoms with Crippen LogP contribution in [0.4, 0.5) is 5.69 Å². The molecule has 0 amide bonds. The Morgan fingerprint density at radius 3 is 2.90 bits per heavy atom. The first-order valence-corrected chi connectivity index (χ1v) is 6.08. The molecule has 2 rings (SSSR count). The van der Waals surface area contributed by atoms with Crippen molar-refractivity contribution in [2.24, 2.45) is 7.05 Å². The Balaban J connectivity index is 2.00. The van der Waals surface area contributed by atoms with E-state index in [-0.39, 0.29) is 12.3 Å².